The third kappa shape index (κ3) is 5.10. The number of hydrogen-bond donors (Lipinski definition) is 0. The average molecular weight is 466 g/mol. The molecule has 178 valence electrons. The summed E-state index contributed by atoms with van der Waals surface area (Å²) in [5, 5.41) is 8.68. The van der Waals surface area contributed by atoms with E-state index in [0.29, 0.717) is 38.5 Å². The molecule has 34 heavy (non-hydrogen) atoms. The number of fused-ring (bicyclic) bond motifs is 1. The zero-order valence-corrected chi connectivity index (χ0v) is 19.2. The van der Waals surface area contributed by atoms with E-state index >= 15 is 0 Å². The molecule has 0 unspecified atom stereocenters. The Morgan fingerprint density at radius 3 is 2.71 bits per heavy atom. The van der Waals surface area contributed by atoms with Gasteiger partial charge in [-0.15, -0.1) is 5.10 Å². The van der Waals surface area contributed by atoms with Crippen LogP contribution >= 0.6 is 0 Å². The van der Waals surface area contributed by atoms with Gasteiger partial charge in [0.05, 0.1) is 18.8 Å². The van der Waals surface area contributed by atoms with Crippen LogP contribution in [0.2, 0.25) is 0 Å². The Morgan fingerprint density at radius 1 is 1.15 bits per heavy atom. The number of carbonyl (C=O) groups is 1. The summed E-state index contributed by atoms with van der Waals surface area (Å²) in [5.41, 5.74) is 3.80. The fourth-order valence-electron chi connectivity index (χ4n) is 4.33. The number of nitrogens with zero attached hydrogens (tertiary/aromatic N) is 5. The summed E-state index contributed by atoms with van der Waals surface area (Å²) in [7, 11) is 0. The largest absolute Gasteiger partial charge is 0.484 e. The van der Waals surface area contributed by atoms with Gasteiger partial charge in [-0.3, -0.25) is 9.69 Å². The highest BCUT2D eigenvalue weighted by atomic mass is 19.1. The van der Waals surface area contributed by atoms with Crippen molar-refractivity contribution in [2.24, 2.45) is 0 Å². The van der Waals surface area contributed by atoms with Crippen LogP contribution in [-0.4, -0.2) is 63.5 Å². The Hall–Kier alpha value is -3.30. The maximum absolute atomic E-state index is 13.6. The zero-order valence-electron chi connectivity index (χ0n) is 19.2. The van der Waals surface area contributed by atoms with E-state index in [4.69, 9.17) is 9.47 Å². The highest BCUT2D eigenvalue weighted by Crippen LogP contribution is 2.27. The first-order valence-electron chi connectivity index (χ1n) is 11.5. The number of amides is 1. The Bertz CT molecular complexity index is 1140. The van der Waals surface area contributed by atoms with Crippen molar-refractivity contribution >= 4 is 5.91 Å². The maximum Gasteiger partial charge on any atom is 0.260 e. The molecular weight excluding hydrogens is 437 g/mol. The Kier molecular flexibility index (Phi) is 6.55. The second kappa shape index (κ2) is 9.90. The first kappa shape index (κ1) is 22.5. The van der Waals surface area contributed by atoms with Crippen LogP contribution in [0.15, 0.2) is 48.5 Å². The first-order chi connectivity index (χ1) is 16.5. The monoisotopic (exact) mass is 465 g/mol. The summed E-state index contributed by atoms with van der Waals surface area (Å²) >= 11 is 0. The molecule has 1 atom stereocenters. The minimum Gasteiger partial charge on any atom is -0.484 e. The van der Waals surface area contributed by atoms with Crippen molar-refractivity contribution in [2.45, 2.75) is 32.7 Å². The predicted octanol–water partition coefficient (Wildman–Crippen LogP) is 2.72. The summed E-state index contributed by atoms with van der Waals surface area (Å²) in [4.78, 5) is 16.7. The topological polar surface area (TPSA) is 72.7 Å². The van der Waals surface area contributed by atoms with E-state index in [0.717, 1.165) is 35.6 Å². The van der Waals surface area contributed by atoms with Gasteiger partial charge in [0, 0.05) is 32.7 Å². The van der Waals surface area contributed by atoms with E-state index in [1.165, 1.54) is 12.1 Å². The van der Waals surface area contributed by atoms with Crippen LogP contribution in [0.5, 0.6) is 5.75 Å². The lowest BCUT2D eigenvalue weighted by atomic mass is 10.1. The number of hydrogen-bond acceptors (Lipinski definition) is 6. The van der Waals surface area contributed by atoms with Crippen molar-refractivity contribution in [1.29, 1.82) is 0 Å². The zero-order chi connectivity index (χ0) is 23.5. The fraction of sp³-hybridized carbons (Fsp3) is 0.400. The van der Waals surface area contributed by atoms with Gasteiger partial charge in [0.1, 0.15) is 23.4 Å². The number of aromatic nitrogens is 3. The van der Waals surface area contributed by atoms with Gasteiger partial charge in [-0.05, 0) is 36.8 Å². The molecule has 2 aliphatic rings. The Balaban J connectivity index is 1.11. The molecule has 1 amide bonds. The van der Waals surface area contributed by atoms with Crippen molar-refractivity contribution in [1.82, 2.24) is 24.8 Å². The van der Waals surface area contributed by atoms with Crippen LogP contribution in [0.25, 0.3) is 0 Å². The molecular formula is C25H28FN5O3. The molecule has 3 aromatic rings. The molecule has 0 aliphatic carbocycles. The molecule has 8 nitrogen and oxygen atoms in total. The number of rotatable bonds is 6. The second-order valence-electron chi connectivity index (χ2n) is 8.78. The summed E-state index contributed by atoms with van der Waals surface area (Å²) < 4.78 is 27.1. The van der Waals surface area contributed by atoms with Crippen LogP contribution in [0, 0.1) is 12.7 Å². The van der Waals surface area contributed by atoms with E-state index < -0.39 is 0 Å². The SMILES string of the molecule is Cc1ccc(OCC(=O)N2CCN(Cc3nnn4c3CO[C@H](c3cccc(F)c3)C4)CC2)cc1. The second-order valence-corrected chi connectivity index (χ2v) is 8.78. The van der Waals surface area contributed by atoms with Crippen LogP contribution < -0.4 is 4.74 Å². The van der Waals surface area contributed by atoms with Crippen LogP contribution in [0.1, 0.15) is 28.6 Å². The molecule has 0 radical (unpaired) electrons. The van der Waals surface area contributed by atoms with Crippen molar-refractivity contribution < 1.29 is 18.7 Å². The van der Waals surface area contributed by atoms with E-state index in [1.807, 2.05) is 46.8 Å². The number of benzene rings is 2. The molecule has 1 fully saturated rings. The highest BCUT2D eigenvalue weighted by molar-refractivity contribution is 5.77. The lowest BCUT2D eigenvalue weighted by molar-refractivity contribution is -0.135. The lowest BCUT2D eigenvalue weighted by Crippen LogP contribution is -2.49. The maximum atomic E-state index is 13.6. The van der Waals surface area contributed by atoms with Gasteiger partial charge in [-0.1, -0.05) is 35.0 Å². The smallest absolute Gasteiger partial charge is 0.260 e. The molecule has 3 heterocycles. The van der Waals surface area contributed by atoms with Gasteiger partial charge >= 0.3 is 0 Å². The third-order valence-corrected chi connectivity index (χ3v) is 6.38. The summed E-state index contributed by atoms with van der Waals surface area (Å²) in [6.45, 7) is 6.44. The van der Waals surface area contributed by atoms with E-state index in [1.54, 1.807) is 6.07 Å². The number of piperazine rings is 1. The van der Waals surface area contributed by atoms with E-state index in [9.17, 15) is 9.18 Å². The minimum atomic E-state index is -0.273. The number of ether oxygens (including phenoxy) is 2. The van der Waals surface area contributed by atoms with Gasteiger partial charge in [0.2, 0.25) is 0 Å². The van der Waals surface area contributed by atoms with Gasteiger partial charge < -0.3 is 14.4 Å². The molecule has 0 saturated carbocycles. The van der Waals surface area contributed by atoms with E-state index in [-0.39, 0.29) is 24.4 Å². The lowest BCUT2D eigenvalue weighted by Gasteiger charge is -2.34. The number of carbonyl (C=O) groups excluding carboxylic acids is 1. The van der Waals surface area contributed by atoms with Gasteiger partial charge in [-0.2, -0.15) is 0 Å². The average Bonchev–Trinajstić information content (AvgIpc) is 3.26. The van der Waals surface area contributed by atoms with Crippen LogP contribution in [0.4, 0.5) is 4.39 Å². The number of halogens is 1. The summed E-state index contributed by atoms with van der Waals surface area (Å²) in [6, 6.07) is 14.2. The predicted molar refractivity (Wildman–Crippen MR) is 122 cm³/mol. The van der Waals surface area contributed by atoms with Crippen LogP contribution in [-0.2, 0) is 29.2 Å². The first-order valence-corrected chi connectivity index (χ1v) is 11.5. The summed E-state index contributed by atoms with van der Waals surface area (Å²) in [5.74, 6) is 0.431. The van der Waals surface area contributed by atoms with Crippen LogP contribution in [0.3, 0.4) is 0 Å². The number of aryl methyl sites for hydroxylation is 1. The van der Waals surface area contributed by atoms with Crippen molar-refractivity contribution in [3.63, 3.8) is 0 Å². The van der Waals surface area contributed by atoms with Gasteiger partial charge in [-0.25, -0.2) is 9.07 Å². The molecule has 2 aromatic carbocycles. The van der Waals surface area contributed by atoms with Crippen molar-refractivity contribution in [2.75, 3.05) is 32.8 Å². The standard InChI is InChI=1S/C25H28FN5O3/c1-18-5-7-21(8-6-18)33-17-25(32)30-11-9-29(10-12-30)14-22-23-16-34-24(15-31(23)28-27-22)19-3-2-4-20(26)13-19/h2-8,13,24H,9-12,14-17H2,1H3/t24-/m0/s1. The third-order valence-electron chi connectivity index (χ3n) is 6.38. The van der Waals surface area contributed by atoms with Crippen molar-refractivity contribution in [3.05, 3.63) is 76.9 Å². The minimum absolute atomic E-state index is 0.00180. The molecule has 5 rings (SSSR count). The molecule has 2 aliphatic heterocycles. The van der Waals surface area contributed by atoms with Gasteiger partial charge in [0.25, 0.3) is 5.91 Å². The highest BCUT2D eigenvalue weighted by Gasteiger charge is 2.27. The fourth-order valence-corrected chi connectivity index (χ4v) is 4.33. The Morgan fingerprint density at radius 2 is 1.94 bits per heavy atom. The molecule has 1 saturated heterocycles. The molecule has 0 N–H and O–H groups in total. The molecule has 0 spiro atoms. The Labute approximate surface area is 197 Å². The van der Waals surface area contributed by atoms with Gasteiger partial charge in [0.15, 0.2) is 6.61 Å². The molecule has 0 bridgehead atoms. The molecule has 1 aromatic heterocycles. The summed E-state index contributed by atoms with van der Waals surface area (Å²) in [6.07, 6.45) is -0.241. The normalized spacial score (nSPS) is 18.5. The quantitative estimate of drug-likeness (QED) is 0.558. The van der Waals surface area contributed by atoms with E-state index in [2.05, 4.69) is 15.2 Å². The van der Waals surface area contributed by atoms with Crippen molar-refractivity contribution in [3.8, 4) is 5.75 Å². The molecule has 9 heteroatoms.